The normalized spacial score (nSPS) is 19.2. The maximum Gasteiger partial charge on any atom is 0.254 e. The van der Waals surface area contributed by atoms with E-state index in [-0.39, 0.29) is 17.9 Å². The minimum absolute atomic E-state index is 0.0204. The number of amides is 2. The Hall–Kier alpha value is -2.34. The predicted octanol–water partition coefficient (Wildman–Crippen LogP) is 2.31. The predicted molar refractivity (Wildman–Crippen MR) is 109 cm³/mol. The highest BCUT2D eigenvalue weighted by molar-refractivity contribution is 5.94. The summed E-state index contributed by atoms with van der Waals surface area (Å²) in [7, 11) is 1.60. The van der Waals surface area contributed by atoms with Crippen LogP contribution in [0.25, 0.3) is 0 Å². The van der Waals surface area contributed by atoms with E-state index in [1.807, 2.05) is 23.1 Å². The van der Waals surface area contributed by atoms with E-state index in [9.17, 15) is 9.59 Å². The van der Waals surface area contributed by atoms with Gasteiger partial charge >= 0.3 is 0 Å². The van der Waals surface area contributed by atoms with Crippen LogP contribution in [-0.4, -0.2) is 67.5 Å². The number of piperazine rings is 1. The molecule has 2 amide bonds. The molecule has 1 saturated heterocycles. The topological polar surface area (TPSA) is 61.9 Å². The van der Waals surface area contributed by atoms with Crippen LogP contribution < -0.4 is 10.1 Å². The number of nitrogens with zero attached hydrogens (tertiary/aromatic N) is 2. The summed E-state index contributed by atoms with van der Waals surface area (Å²) in [4.78, 5) is 29.8. The van der Waals surface area contributed by atoms with Crippen molar-refractivity contribution in [1.29, 1.82) is 0 Å². The van der Waals surface area contributed by atoms with E-state index in [1.54, 1.807) is 19.3 Å². The van der Waals surface area contributed by atoms with Gasteiger partial charge < -0.3 is 15.0 Å². The van der Waals surface area contributed by atoms with Gasteiger partial charge in [0.2, 0.25) is 5.91 Å². The van der Waals surface area contributed by atoms with Crippen molar-refractivity contribution in [3.8, 4) is 5.75 Å². The SMILES string of the molecule is C=CCNC(=O)C(C1CCCC1)N1CCN(C(=O)c2cccc(OC)c2)CC1. The highest BCUT2D eigenvalue weighted by Gasteiger charge is 2.37. The molecular weight excluding hydrogens is 354 g/mol. The first kappa shape index (κ1) is 20.4. The maximum absolute atomic E-state index is 12.8. The molecule has 1 aliphatic carbocycles. The van der Waals surface area contributed by atoms with Gasteiger partial charge in [0.05, 0.1) is 13.2 Å². The second kappa shape index (κ2) is 9.73. The van der Waals surface area contributed by atoms with Crippen molar-refractivity contribution >= 4 is 11.8 Å². The van der Waals surface area contributed by atoms with Gasteiger partial charge in [0.1, 0.15) is 5.75 Å². The Morgan fingerprint density at radius 1 is 1.25 bits per heavy atom. The van der Waals surface area contributed by atoms with Crippen molar-refractivity contribution in [1.82, 2.24) is 15.1 Å². The van der Waals surface area contributed by atoms with Crippen LogP contribution in [0, 0.1) is 5.92 Å². The first-order chi connectivity index (χ1) is 13.6. The molecular formula is C22H31N3O3. The van der Waals surface area contributed by atoms with Crippen LogP contribution in [0.15, 0.2) is 36.9 Å². The van der Waals surface area contributed by atoms with E-state index < -0.39 is 0 Å². The van der Waals surface area contributed by atoms with E-state index in [0.29, 0.717) is 36.9 Å². The van der Waals surface area contributed by atoms with Gasteiger partial charge in [-0.25, -0.2) is 0 Å². The zero-order valence-electron chi connectivity index (χ0n) is 16.7. The fraction of sp³-hybridized carbons (Fsp3) is 0.545. The Morgan fingerprint density at radius 2 is 1.96 bits per heavy atom. The van der Waals surface area contributed by atoms with E-state index in [1.165, 1.54) is 12.8 Å². The van der Waals surface area contributed by atoms with Gasteiger partial charge in [-0.2, -0.15) is 0 Å². The van der Waals surface area contributed by atoms with E-state index in [4.69, 9.17) is 4.74 Å². The number of hydrogen-bond donors (Lipinski definition) is 1. The van der Waals surface area contributed by atoms with Crippen molar-refractivity contribution in [3.63, 3.8) is 0 Å². The summed E-state index contributed by atoms with van der Waals surface area (Å²) < 4.78 is 5.23. The molecule has 2 fully saturated rings. The molecule has 3 rings (SSSR count). The second-order valence-electron chi connectivity index (χ2n) is 7.58. The van der Waals surface area contributed by atoms with Crippen LogP contribution in [0.5, 0.6) is 5.75 Å². The third-order valence-corrected chi connectivity index (χ3v) is 5.85. The quantitative estimate of drug-likeness (QED) is 0.732. The van der Waals surface area contributed by atoms with Crippen molar-refractivity contribution in [2.24, 2.45) is 5.92 Å². The first-order valence-electron chi connectivity index (χ1n) is 10.2. The molecule has 1 aromatic carbocycles. The number of nitrogens with one attached hydrogen (secondary N) is 1. The van der Waals surface area contributed by atoms with Crippen LogP contribution in [0.1, 0.15) is 36.0 Å². The third kappa shape index (κ3) is 4.73. The standard InChI is InChI=1S/C22H31N3O3/c1-3-11-23-21(26)20(17-7-4-5-8-17)24-12-14-25(15-13-24)22(27)18-9-6-10-19(16-18)28-2/h3,6,9-10,16-17,20H,1,4-5,7-8,11-15H2,2H3,(H,23,26). The van der Waals surface area contributed by atoms with E-state index in [2.05, 4.69) is 16.8 Å². The Bertz CT molecular complexity index is 692. The lowest BCUT2D eigenvalue weighted by atomic mass is 9.95. The molecule has 0 spiro atoms. The summed E-state index contributed by atoms with van der Waals surface area (Å²) in [6.07, 6.45) is 6.33. The first-order valence-corrected chi connectivity index (χ1v) is 10.2. The van der Waals surface area contributed by atoms with Gasteiger partial charge in [0.15, 0.2) is 0 Å². The second-order valence-corrected chi connectivity index (χ2v) is 7.58. The molecule has 1 heterocycles. The average molecular weight is 386 g/mol. The molecule has 6 nitrogen and oxygen atoms in total. The molecule has 1 N–H and O–H groups in total. The van der Waals surface area contributed by atoms with Crippen molar-refractivity contribution in [2.75, 3.05) is 39.8 Å². The summed E-state index contributed by atoms with van der Waals surface area (Å²) >= 11 is 0. The maximum atomic E-state index is 12.8. The summed E-state index contributed by atoms with van der Waals surface area (Å²) in [5, 5.41) is 2.99. The Balaban J connectivity index is 1.63. The molecule has 0 radical (unpaired) electrons. The molecule has 1 atom stereocenters. The zero-order valence-corrected chi connectivity index (χ0v) is 16.7. The molecule has 6 heteroatoms. The van der Waals surface area contributed by atoms with E-state index >= 15 is 0 Å². The van der Waals surface area contributed by atoms with E-state index in [0.717, 1.165) is 25.9 Å². The molecule has 1 unspecified atom stereocenters. The van der Waals surface area contributed by atoms with Crippen molar-refractivity contribution in [2.45, 2.75) is 31.7 Å². The summed E-state index contributed by atoms with van der Waals surface area (Å²) in [6, 6.07) is 7.17. The summed E-state index contributed by atoms with van der Waals surface area (Å²) in [5.41, 5.74) is 0.642. The van der Waals surface area contributed by atoms with Gasteiger partial charge in [0.25, 0.3) is 5.91 Å². The Morgan fingerprint density at radius 3 is 2.61 bits per heavy atom. The molecule has 2 aliphatic rings. The smallest absolute Gasteiger partial charge is 0.254 e. The lowest BCUT2D eigenvalue weighted by molar-refractivity contribution is -0.129. The van der Waals surface area contributed by atoms with Gasteiger partial charge in [-0.15, -0.1) is 6.58 Å². The molecule has 0 bridgehead atoms. The number of ether oxygens (including phenoxy) is 1. The number of benzene rings is 1. The number of hydrogen-bond acceptors (Lipinski definition) is 4. The van der Waals surface area contributed by atoms with Gasteiger partial charge in [-0.05, 0) is 37.0 Å². The van der Waals surface area contributed by atoms with Gasteiger partial charge in [-0.3, -0.25) is 14.5 Å². The molecule has 1 saturated carbocycles. The Labute approximate surface area is 167 Å². The van der Waals surface area contributed by atoms with Crippen LogP contribution in [-0.2, 0) is 4.79 Å². The largest absolute Gasteiger partial charge is 0.497 e. The minimum Gasteiger partial charge on any atom is -0.497 e. The number of carbonyl (C=O) groups is 2. The number of carbonyl (C=O) groups excluding carboxylic acids is 2. The lowest BCUT2D eigenvalue weighted by Gasteiger charge is -2.40. The molecule has 28 heavy (non-hydrogen) atoms. The number of methoxy groups -OCH3 is 1. The summed E-state index contributed by atoms with van der Waals surface area (Å²) in [5.74, 6) is 1.21. The highest BCUT2D eigenvalue weighted by atomic mass is 16.5. The monoisotopic (exact) mass is 385 g/mol. The van der Waals surface area contributed by atoms with Gasteiger partial charge in [0, 0.05) is 38.3 Å². The summed E-state index contributed by atoms with van der Waals surface area (Å²) in [6.45, 7) is 6.89. The highest BCUT2D eigenvalue weighted by Crippen LogP contribution is 2.31. The fourth-order valence-corrected chi connectivity index (χ4v) is 4.37. The Kier molecular flexibility index (Phi) is 7.09. The number of rotatable bonds is 7. The van der Waals surface area contributed by atoms with Crippen molar-refractivity contribution < 1.29 is 14.3 Å². The average Bonchev–Trinajstić information content (AvgIpc) is 3.26. The van der Waals surface area contributed by atoms with Crippen LogP contribution >= 0.6 is 0 Å². The van der Waals surface area contributed by atoms with Crippen LogP contribution in [0.3, 0.4) is 0 Å². The molecule has 0 aromatic heterocycles. The molecule has 1 aromatic rings. The lowest BCUT2D eigenvalue weighted by Crippen LogP contribution is -2.58. The molecule has 152 valence electrons. The minimum atomic E-state index is -0.100. The zero-order chi connectivity index (χ0) is 19.9. The molecule has 1 aliphatic heterocycles. The van der Waals surface area contributed by atoms with Crippen molar-refractivity contribution in [3.05, 3.63) is 42.5 Å². The van der Waals surface area contributed by atoms with Crippen LogP contribution in [0.4, 0.5) is 0 Å². The van der Waals surface area contributed by atoms with Gasteiger partial charge in [-0.1, -0.05) is 25.0 Å². The third-order valence-electron chi connectivity index (χ3n) is 5.85. The fourth-order valence-electron chi connectivity index (χ4n) is 4.37. The van der Waals surface area contributed by atoms with Crippen LogP contribution in [0.2, 0.25) is 0 Å².